The summed E-state index contributed by atoms with van der Waals surface area (Å²) in [5, 5.41) is 8.91. The molecule has 0 spiro atoms. The number of nitrogens with one attached hydrogen (secondary N) is 1. The molecule has 2 rings (SSSR count). The average Bonchev–Trinajstić information content (AvgIpc) is 2.65. The van der Waals surface area contributed by atoms with Crippen molar-refractivity contribution < 1.29 is 9.90 Å². The lowest BCUT2D eigenvalue weighted by molar-refractivity contribution is -0.139. The van der Waals surface area contributed by atoms with E-state index in [2.05, 4.69) is 9.97 Å². The molecule has 1 unspecified atom stereocenters. The predicted octanol–water partition coefficient (Wildman–Crippen LogP) is 0.988. The molecule has 64 valence electrons. The Morgan fingerprint density at radius 2 is 2.50 bits per heavy atom. The highest BCUT2D eigenvalue weighted by Gasteiger charge is 2.38. The second kappa shape index (κ2) is 2.62. The van der Waals surface area contributed by atoms with Gasteiger partial charge in [-0.25, -0.2) is 4.98 Å². The minimum Gasteiger partial charge on any atom is -0.481 e. The highest BCUT2D eigenvalue weighted by molar-refractivity contribution is 5.76. The first-order chi connectivity index (χ1) is 5.79. The Morgan fingerprint density at radius 3 is 2.92 bits per heavy atom. The molecule has 0 bridgehead atoms. The van der Waals surface area contributed by atoms with Crippen molar-refractivity contribution in [3.63, 3.8) is 0 Å². The Kier molecular flexibility index (Phi) is 1.60. The third-order valence-corrected chi connectivity index (χ3v) is 2.21. The Labute approximate surface area is 69.6 Å². The zero-order valence-corrected chi connectivity index (χ0v) is 6.53. The Morgan fingerprint density at radius 1 is 1.75 bits per heavy atom. The van der Waals surface area contributed by atoms with E-state index in [1.54, 1.807) is 6.20 Å². The fourth-order valence-electron chi connectivity index (χ4n) is 1.45. The van der Waals surface area contributed by atoms with Crippen LogP contribution in [0.5, 0.6) is 0 Å². The normalized spacial score (nSPS) is 19.0. The topological polar surface area (TPSA) is 66.0 Å². The molecule has 12 heavy (non-hydrogen) atoms. The number of hydrogen-bond acceptors (Lipinski definition) is 2. The van der Waals surface area contributed by atoms with Gasteiger partial charge in [-0.1, -0.05) is 0 Å². The summed E-state index contributed by atoms with van der Waals surface area (Å²) in [6.07, 6.45) is 5.16. The van der Waals surface area contributed by atoms with Crippen LogP contribution in [0.1, 0.15) is 24.5 Å². The van der Waals surface area contributed by atoms with E-state index in [1.807, 2.05) is 0 Å². The monoisotopic (exact) mass is 166 g/mol. The summed E-state index contributed by atoms with van der Waals surface area (Å²) in [7, 11) is 0. The predicted molar refractivity (Wildman–Crippen MR) is 41.7 cm³/mol. The molecule has 1 saturated carbocycles. The summed E-state index contributed by atoms with van der Waals surface area (Å²) in [5.41, 5.74) is 0.727. The first-order valence-corrected chi connectivity index (χ1v) is 4.00. The number of carbonyl (C=O) groups is 1. The van der Waals surface area contributed by atoms with Crippen LogP contribution in [-0.4, -0.2) is 21.0 Å². The SMILES string of the molecule is O=C(O)C(c1cnc[nH]1)C1CC1. The maximum Gasteiger partial charge on any atom is 0.312 e. The number of nitrogens with zero attached hydrogens (tertiary/aromatic N) is 1. The smallest absolute Gasteiger partial charge is 0.312 e. The number of hydrogen-bond donors (Lipinski definition) is 2. The van der Waals surface area contributed by atoms with Crippen LogP contribution in [0.4, 0.5) is 0 Å². The lowest BCUT2D eigenvalue weighted by Gasteiger charge is -2.06. The number of rotatable bonds is 3. The molecule has 1 heterocycles. The van der Waals surface area contributed by atoms with Crippen LogP contribution in [0.25, 0.3) is 0 Å². The van der Waals surface area contributed by atoms with Gasteiger partial charge in [0.1, 0.15) is 5.92 Å². The van der Waals surface area contributed by atoms with E-state index in [0.29, 0.717) is 5.92 Å². The van der Waals surface area contributed by atoms with E-state index >= 15 is 0 Å². The first kappa shape index (κ1) is 7.34. The van der Waals surface area contributed by atoms with Crippen LogP contribution >= 0.6 is 0 Å². The Bertz CT molecular complexity index is 277. The molecule has 1 atom stereocenters. The van der Waals surface area contributed by atoms with Crippen molar-refractivity contribution >= 4 is 5.97 Å². The molecule has 0 aromatic carbocycles. The van der Waals surface area contributed by atoms with Crippen LogP contribution in [-0.2, 0) is 4.79 Å². The van der Waals surface area contributed by atoms with Gasteiger partial charge in [-0.3, -0.25) is 4.79 Å². The highest BCUT2D eigenvalue weighted by Crippen LogP contribution is 2.41. The molecule has 1 aliphatic carbocycles. The van der Waals surface area contributed by atoms with Crippen molar-refractivity contribution in [2.75, 3.05) is 0 Å². The molecule has 0 radical (unpaired) electrons. The van der Waals surface area contributed by atoms with Crippen LogP contribution in [0.15, 0.2) is 12.5 Å². The number of aromatic amines is 1. The zero-order chi connectivity index (χ0) is 8.55. The second-order valence-corrected chi connectivity index (χ2v) is 3.16. The van der Waals surface area contributed by atoms with Gasteiger partial charge in [0.25, 0.3) is 0 Å². The van der Waals surface area contributed by atoms with Gasteiger partial charge < -0.3 is 10.1 Å². The maximum absolute atomic E-state index is 10.8. The maximum atomic E-state index is 10.8. The van der Waals surface area contributed by atoms with Crippen LogP contribution in [0.3, 0.4) is 0 Å². The quantitative estimate of drug-likeness (QED) is 0.703. The molecule has 4 nitrogen and oxygen atoms in total. The highest BCUT2D eigenvalue weighted by atomic mass is 16.4. The van der Waals surface area contributed by atoms with Gasteiger partial charge in [0.15, 0.2) is 0 Å². The van der Waals surface area contributed by atoms with Crippen molar-refractivity contribution in [2.45, 2.75) is 18.8 Å². The third kappa shape index (κ3) is 1.20. The van der Waals surface area contributed by atoms with Crippen LogP contribution in [0, 0.1) is 5.92 Å². The Hall–Kier alpha value is -1.32. The minimum absolute atomic E-state index is 0.322. The van der Waals surface area contributed by atoms with Crippen molar-refractivity contribution in [1.82, 2.24) is 9.97 Å². The van der Waals surface area contributed by atoms with Gasteiger partial charge in [-0.05, 0) is 18.8 Å². The average molecular weight is 166 g/mol. The summed E-state index contributed by atoms with van der Waals surface area (Å²) < 4.78 is 0. The summed E-state index contributed by atoms with van der Waals surface area (Å²) >= 11 is 0. The van der Waals surface area contributed by atoms with E-state index in [1.165, 1.54) is 6.33 Å². The summed E-state index contributed by atoms with van der Waals surface area (Å²) in [4.78, 5) is 17.5. The van der Waals surface area contributed by atoms with Gasteiger partial charge in [-0.15, -0.1) is 0 Å². The van der Waals surface area contributed by atoms with Crippen molar-refractivity contribution in [1.29, 1.82) is 0 Å². The Balaban J connectivity index is 2.21. The summed E-state index contributed by atoms with van der Waals surface area (Å²) in [6, 6.07) is 0. The molecule has 0 aliphatic heterocycles. The van der Waals surface area contributed by atoms with Gasteiger partial charge in [0.2, 0.25) is 0 Å². The molecule has 0 saturated heterocycles. The number of carboxylic acids is 1. The molecular weight excluding hydrogens is 156 g/mol. The summed E-state index contributed by atoms with van der Waals surface area (Å²) in [6.45, 7) is 0. The third-order valence-electron chi connectivity index (χ3n) is 2.21. The lowest BCUT2D eigenvalue weighted by Crippen LogP contribution is -2.13. The molecule has 1 aromatic rings. The van der Waals surface area contributed by atoms with E-state index in [-0.39, 0.29) is 5.92 Å². The zero-order valence-electron chi connectivity index (χ0n) is 6.53. The lowest BCUT2D eigenvalue weighted by atomic mass is 10.0. The van der Waals surface area contributed by atoms with Gasteiger partial charge >= 0.3 is 5.97 Å². The van der Waals surface area contributed by atoms with E-state index in [4.69, 9.17) is 5.11 Å². The molecule has 1 aromatic heterocycles. The number of carboxylic acid groups (broad SMARTS) is 1. The number of H-pyrrole nitrogens is 1. The standard InChI is InChI=1S/C8H10N2O2/c11-8(12)7(5-1-2-5)6-3-9-4-10-6/h3-5,7H,1-2H2,(H,9,10)(H,11,12). The number of aliphatic carboxylic acids is 1. The van der Waals surface area contributed by atoms with Gasteiger partial charge in [0.05, 0.1) is 6.33 Å². The van der Waals surface area contributed by atoms with E-state index in [0.717, 1.165) is 18.5 Å². The minimum atomic E-state index is -0.748. The van der Waals surface area contributed by atoms with Gasteiger partial charge in [-0.2, -0.15) is 0 Å². The van der Waals surface area contributed by atoms with Crippen molar-refractivity contribution in [3.05, 3.63) is 18.2 Å². The van der Waals surface area contributed by atoms with Crippen LogP contribution in [0.2, 0.25) is 0 Å². The number of aromatic nitrogens is 2. The van der Waals surface area contributed by atoms with E-state index in [9.17, 15) is 4.79 Å². The fraction of sp³-hybridized carbons (Fsp3) is 0.500. The van der Waals surface area contributed by atoms with Crippen molar-refractivity contribution in [3.8, 4) is 0 Å². The van der Waals surface area contributed by atoms with E-state index < -0.39 is 5.97 Å². The largest absolute Gasteiger partial charge is 0.481 e. The fourth-order valence-corrected chi connectivity index (χ4v) is 1.45. The van der Waals surface area contributed by atoms with Gasteiger partial charge in [0, 0.05) is 11.9 Å². The molecule has 0 amide bonds. The molecular formula is C8H10N2O2. The molecule has 2 N–H and O–H groups in total. The molecule has 1 aliphatic rings. The number of imidazole rings is 1. The second-order valence-electron chi connectivity index (χ2n) is 3.16. The first-order valence-electron chi connectivity index (χ1n) is 4.00. The summed E-state index contributed by atoms with van der Waals surface area (Å²) in [5.74, 6) is -0.794. The van der Waals surface area contributed by atoms with Crippen LogP contribution < -0.4 is 0 Å². The molecule has 4 heteroatoms. The van der Waals surface area contributed by atoms with Crippen molar-refractivity contribution in [2.24, 2.45) is 5.92 Å². The molecule has 1 fully saturated rings.